The van der Waals surface area contributed by atoms with Gasteiger partial charge in [0.05, 0.1) is 0 Å². The van der Waals surface area contributed by atoms with Gasteiger partial charge >= 0.3 is 0 Å². The second kappa shape index (κ2) is 5.07. The Morgan fingerprint density at radius 3 is 2.46 bits per heavy atom. The molecule has 5 heteroatoms. The second-order valence-corrected chi connectivity index (χ2v) is 2.71. The van der Waals surface area contributed by atoms with Crippen LogP contribution in [-0.2, 0) is 4.79 Å². The Bertz CT molecular complexity index is 304. The van der Waals surface area contributed by atoms with Crippen molar-refractivity contribution in [3.8, 4) is 5.75 Å². The van der Waals surface area contributed by atoms with E-state index in [2.05, 4.69) is 0 Å². The van der Waals surface area contributed by atoms with Gasteiger partial charge in [0.15, 0.2) is 0 Å². The fourth-order valence-electron chi connectivity index (χ4n) is 0.873. The summed E-state index contributed by atoms with van der Waals surface area (Å²) in [6.07, 6.45) is 0. The molecule has 3 nitrogen and oxygen atoms in total. The number of hydrogen-bond donors (Lipinski definition) is 2. The van der Waals surface area contributed by atoms with E-state index in [1.165, 1.54) is 6.07 Å². The van der Waals surface area contributed by atoms with Gasteiger partial charge in [-0.05, 0) is 17.7 Å². The SMILES string of the molecule is Cl.N[C@@H](C(=O)Cl)c1ccccc1O. The van der Waals surface area contributed by atoms with Gasteiger partial charge in [0.2, 0.25) is 5.24 Å². The molecule has 1 aromatic rings. The largest absolute Gasteiger partial charge is 0.508 e. The number of benzene rings is 1. The van der Waals surface area contributed by atoms with E-state index in [1.54, 1.807) is 18.2 Å². The summed E-state index contributed by atoms with van der Waals surface area (Å²) >= 11 is 5.16. The molecule has 0 aliphatic rings. The minimum Gasteiger partial charge on any atom is -0.508 e. The van der Waals surface area contributed by atoms with E-state index in [9.17, 15) is 9.90 Å². The van der Waals surface area contributed by atoms with E-state index < -0.39 is 11.3 Å². The van der Waals surface area contributed by atoms with Crippen molar-refractivity contribution in [3.05, 3.63) is 29.8 Å². The summed E-state index contributed by atoms with van der Waals surface area (Å²) in [5.74, 6) is -0.0148. The summed E-state index contributed by atoms with van der Waals surface area (Å²) in [4.78, 5) is 10.6. The highest BCUT2D eigenvalue weighted by Gasteiger charge is 2.15. The lowest BCUT2D eigenvalue weighted by Gasteiger charge is -2.07. The zero-order valence-corrected chi connectivity index (χ0v) is 8.18. The third-order valence-electron chi connectivity index (χ3n) is 1.52. The molecular weight excluding hydrogens is 213 g/mol. The van der Waals surface area contributed by atoms with Crippen LogP contribution in [0.15, 0.2) is 24.3 Å². The Labute approximate surface area is 86.9 Å². The third kappa shape index (κ3) is 2.88. The van der Waals surface area contributed by atoms with E-state index in [4.69, 9.17) is 17.3 Å². The molecule has 1 rings (SSSR count). The van der Waals surface area contributed by atoms with Crippen molar-refractivity contribution in [2.45, 2.75) is 6.04 Å². The Morgan fingerprint density at radius 1 is 1.46 bits per heavy atom. The highest BCUT2D eigenvalue weighted by Crippen LogP contribution is 2.22. The number of phenolic OH excluding ortho intramolecular Hbond substituents is 1. The quantitative estimate of drug-likeness (QED) is 0.746. The van der Waals surface area contributed by atoms with Gasteiger partial charge in [0.25, 0.3) is 0 Å². The Balaban J connectivity index is 0.00000144. The molecule has 1 atom stereocenters. The van der Waals surface area contributed by atoms with Gasteiger partial charge in [-0.15, -0.1) is 12.4 Å². The molecule has 0 aliphatic carbocycles. The topological polar surface area (TPSA) is 63.3 Å². The zero-order valence-electron chi connectivity index (χ0n) is 6.61. The molecule has 0 spiro atoms. The van der Waals surface area contributed by atoms with Crippen LogP contribution in [0.25, 0.3) is 0 Å². The predicted molar refractivity (Wildman–Crippen MR) is 53.1 cm³/mol. The minimum absolute atomic E-state index is 0. The fraction of sp³-hybridized carbons (Fsp3) is 0.125. The Kier molecular flexibility index (Phi) is 4.77. The number of hydrogen-bond acceptors (Lipinski definition) is 3. The first-order valence-corrected chi connectivity index (χ1v) is 3.73. The molecule has 0 unspecified atom stereocenters. The zero-order chi connectivity index (χ0) is 9.14. The molecule has 0 heterocycles. The van der Waals surface area contributed by atoms with Crippen LogP contribution < -0.4 is 5.73 Å². The van der Waals surface area contributed by atoms with Gasteiger partial charge in [-0.1, -0.05) is 18.2 Å². The molecule has 0 aliphatic heterocycles. The Morgan fingerprint density at radius 2 is 2.00 bits per heavy atom. The van der Waals surface area contributed by atoms with Crippen LogP contribution >= 0.6 is 24.0 Å². The van der Waals surface area contributed by atoms with Crippen molar-refractivity contribution in [3.63, 3.8) is 0 Å². The molecular formula is C8H9Cl2NO2. The first-order valence-electron chi connectivity index (χ1n) is 3.35. The average molecular weight is 222 g/mol. The van der Waals surface area contributed by atoms with Crippen LogP contribution in [0.3, 0.4) is 0 Å². The summed E-state index contributed by atoms with van der Waals surface area (Å²) in [5, 5.41) is 8.56. The van der Waals surface area contributed by atoms with E-state index >= 15 is 0 Å². The molecule has 13 heavy (non-hydrogen) atoms. The third-order valence-corrected chi connectivity index (χ3v) is 1.75. The van der Waals surface area contributed by atoms with Crippen molar-refractivity contribution in [1.82, 2.24) is 0 Å². The fourth-order valence-corrected chi connectivity index (χ4v) is 0.990. The van der Waals surface area contributed by atoms with Gasteiger partial charge in [0.1, 0.15) is 11.8 Å². The monoisotopic (exact) mass is 221 g/mol. The number of aromatic hydroxyl groups is 1. The number of carbonyl (C=O) groups is 1. The van der Waals surface area contributed by atoms with Crippen LogP contribution in [0.1, 0.15) is 11.6 Å². The highest BCUT2D eigenvalue weighted by atomic mass is 35.5. The number of nitrogens with two attached hydrogens (primary N) is 1. The van der Waals surface area contributed by atoms with Crippen molar-refractivity contribution >= 4 is 29.3 Å². The molecule has 0 bridgehead atoms. The van der Waals surface area contributed by atoms with Crippen LogP contribution in [-0.4, -0.2) is 10.3 Å². The molecule has 0 amide bonds. The van der Waals surface area contributed by atoms with Crippen LogP contribution in [0, 0.1) is 0 Å². The number of para-hydroxylation sites is 1. The molecule has 0 saturated heterocycles. The molecule has 3 N–H and O–H groups in total. The van der Waals surface area contributed by atoms with Crippen molar-refractivity contribution < 1.29 is 9.90 Å². The van der Waals surface area contributed by atoms with E-state index in [-0.39, 0.29) is 18.2 Å². The van der Waals surface area contributed by atoms with Crippen molar-refractivity contribution in [1.29, 1.82) is 0 Å². The first-order chi connectivity index (χ1) is 5.63. The second-order valence-electron chi connectivity index (χ2n) is 2.34. The van der Waals surface area contributed by atoms with Crippen LogP contribution in [0.2, 0.25) is 0 Å². The Hall–Kier alpha value is -0.770. The molecule has 1 aromatic carbocycles. The highest BCUT2D eigenvalue weighted by molar-refractivity contribution is 6.64. The summed E-state index contributed by atoms with van der Waals surface area (Å²) in [6.45, 7) is 0. The summed E-state index contributed by atoms with van der Waals surface area (Å²) < 4.78 is 0. The molecule has 0 fully saturated rings. The maximum Gasteiger partial charge on any atom is 0.243 e. The normalized spacial score (nSPS) is 11.5. The van der Waals surface area contributed by atoms with Gasteiger partial charge in [-0.3, -0.25) is 4.79 Å². The number of carbonyl (C=O) groups excluding carboxylic acids is 1. The summed E-state index contributed by atoms with van der Waals surface area (Å²) in [7, 11) is 0. The molecule has 0 saturated carbocycles. The van der Waals surface area contributed by atoms with Gasteiger partial charge < -0.3 is 10.8 Å². The number of phenols is 1. The molecule has 72 valence electrons. The minimum atomic E-state index is -0.951. The number of halogens is 2. The maximum atomic E-state index is 10.6. The molecule has 0 aromatic heterocycles. The predicted octanol–water partition coefficient (Wildman–Crippen LogP) is 1.58. The first kappa shape index (κ1) is 12.2. The standard InChI is InChI=1S/C8H8ClNO2.ClH/c9-8(12)7(10)5-3-1-2-4-6(5)11;/h1-4,7,11H,10H2;1H/t7-;/m1./s1. The van der Waals surface area contributed by atoms with Gasteiger partial charge in [-0.25, -0.2) is 0 Å². The van der Waals surface area contributed by atoms with Gasteiger partial charge in [0, 0.05) is 5.56 Å². The summed E-state index contributed by atoms with van der Waals surface area (Å²) in [5.41, 5.74) is 5.74. The smallest absolute Gasteiger partial charge is 0.243 e. The lowest BCUT2D eigenvalue weighted by Crippen LogP contribution is -2.16. The lowest BCUT2D eigenvalue weighted by atomic mass is 10.1. The number of rotatable bonds is 2. The van der Waals surface area contributed by atoms with Crippen molar-refractivity contribution in [2.24, 2.45) is 5.73 Å². The van der Waals surface area contributed by atoms with Crippen molar-refractivity contribution in [2.75, 3.05) is 0 Å². The van der Waals surface area contributed by atoms with Crippen LogP contribution in [0.4, 0.5) is 0 Å². The lowest BCUT2D eigenvalue weighted by molar-refractivity contribution is -0.112. The van der Waals surface area contributed by atoms with Gasteiger partial charge in [-0.2, -0.15) is 0 Å². The van der Waals surface area contributed by atoms with E-state index in [0.29, 0.717) is 5.56 Å². The van der Waals surface area contributed by atoms with E-state index in [0.717, 1.165) is 0 Å². The van der Waals surface area contributed by atoms with E-state index in [1.807, 2.05) is 0 Å². The maximum absolute atomic E-state index is 10.6. The summed E-state index contributed by atoms with van der Waals surface area (Å²) in [6, 6.07) is 5.38. The molecule has 0 radical (unpaired) electrons. The van der Waals surface area contributed by atoms with Crippen LogP contribution in [0.5, 0.6) is 5.75 Å². The average Bonchev–Trinajstić information content (AvgIpc) is 2.04.